The number of nitrogens with zero attached hydrogens (tertiary/aromatic N) is 2. The summed E-state index contributed by atoms with van der Waals surface area (Å²) < 4.78 is 5.63. The van der Waals surface area contributed by atoms with Gasteiger partial charge < -0.3 is 25.0 Å². The van der Waals surface area contributed by atoms with Crippen molar-refractivity contribution in [2.75, 3.05) is 31.1 Å². The molecule has 5 atom stereocenters. The predicted molar refractivity (Wildman–Crippen MR) is 127 cm³/mol. The van der Waals surface area contributed by atoms with E-state index in [4.69, 9.17) is 16.3 Å². The molecule has 0 spiro atoms. The summed E-state index contributed by atoms with van der Waals surface area (Å²) >= 11 is 6.44. The molecule has 0 bridgehead atoms. The average molecular weight is 476 g/mol. The Morgan fingerprint density at radius 3 is 2.45 bits per heavy atom. The molecule has 0 unspecified atom stereocenters. The highest BCUT2D eigenvalue weighted by Gasteiger charge is 2.53. The Balaban J connectivity index is 1.31. The van der Waals surface area contributed by atoms with Gasteiger partial charge in [-0.15, -0.1) is 11.6 Å². The molecule has 2 amide bonds. The minimum Gasteiger partial charge on any atom is -0.388 e. The van der Waals surface area contributed by atoms with Gasteiger partial charge in [0.2, 0.25) is 5.91 Å². The smallest absolute Gasteiger partial charge is 0.251 e. The summed E-state index contributed by atoms with van der Waals surface area (Å²) in [4.78, 5) is 30.9. The van der Waals surface area contributed by atoms with Crippen molar-refractivity contribution in [3.63, 3.8) is 0 Å². The molecule has 4 aliphatic rings. The highest BCUT2D eigenvalue weighted by atomic mass is 35.5. The van der Waals surface area contributed by atoms with E-state index < -0.39 is 18.2 Å². The molecule has 1 aliphatic carbocycles. The SMILES string of the molecule is O=C(N[C@H](C(=O)N1C[C@H](Cl)[C@H]2OC[C@H](O)[C@H]21)C1CCCC1)c1ccc(N2CCCCC2)cc1. The number of carbonyl (C=O) groups is 2. The lowest BCUT2D eigenvalue weighted by molar-refractivity contribution is -0.137. The summed E-state index contributed by atoms with van der Waals surface area (Å²) in [5.41, 5.74) is 1.70. The number of benzene rings is 1. The van der Waals surface area contributed by atoms with Gasteiger partial charge in [-0.25, -0.2) is 0 Å². The van der Waals surface area contributed by atoms with Crippen molar-refractivity contribution in [1.29, 1.82) is 0 Å². The molecule has 7 nitrogen and oxygen atoms in total. The molecule has 5 rings (SSSR count). The van der Waals surface area contributed by atoms with Crippen LogP contribution in [-0.4, -0.2) is 77.7 Å². The molecule has 3 saturated heterocycles. The first-order valence-electron chi connectivity index (χ1n) is 12.4. The Labute approximate surface area is 200 Å². The zero-order chi connectivity index (χ0) is 22.9. The number of ether oxygens (including phenoxy) is 1. The number of hydrogen-bond donors (Lipinski definition) is 2. The number of halogens is 1. The van der Waals surface area contributed by atoms with E-state index in [0.29, 0.717) is 12.1 Å². The molecular formula is C25H34ClN3O4. The van der Waals surface area contributed by atoms with Gasteiger partial charge in [-0.2, -0.15) is 0 Å². The van der Waals surface area contributed by atoms with Crippen molar-refractivity contribution in [2.24, 2.45) is 5.92 Å². The first-order chi connectivity index (χ1) is 16.0. The van der Waals surface area contributed by atoms with Crippen LogP contribution in [-0.2, 0) is 9.53 Å². The average Bonchev–Trinajstić information content (AvgIpc) is 3.58. The summed E-state index contributed by atoms with van der Waals surface area (Å²) in [7, 11) is 0. The van der Waals surface area contributed by atoms with Crippen LogP contribution in [0.5, 0.6) is 0 Å². The molecule has 180 valence electrons. The molecule has 1 aromatic carbocycles. The fourth-order valence-corrected chi connectivity index (χ4v) is 6.40. The van der Waals surface area contributed by atoms with Crippen molar-refractivity contribution in [1.82, 2.24) is 10.2 Å². The number of anilines is 1. The molecule has 2 N–H and O–H groups in total. The van der Waals surface area contributed by atoms with Crippen molar-refractivity contribution in [2.45, 2.75) is 74.6 Å². The number of aliphatic hydroxyl groups excluding tert-OH is 1. The van der Waals surface area contributed by atoms with Crippen molar-refractivity contribution < 1.29 is 19.4 Å². The Morgan fingerprint density at radius 2 is 1.76 bits per heavy atom. The van der Waals surface area contributed by atoms with E-state index in [1.807, 2.05) is 24.3 Å². The zero-order valence-electron chi connectivity index (χ0n) is 19.0. The summed E-state index contributed by atoms with van der Waals surface area (Å²) in [5, 5.41) is 13.1. The normalized spacial score (nSPS) is 31.0. The number of alkyl halides is 1. The fraction of sp³-hybridized carbons (Fsp3) is 0.680. The molecule has 8 heteroatoms. The highest BCUT2D eigenvalue weighted by Crippen LogP contribution is 2.35. The van der Waals surface area contributed by atoms with Gasteiger partial charge in [0, 0.05) is 30.9 Å². The first-order valence-corrected chi connectivity index (χ1v) is 12.9. The van der Waals surface area contributed by atoms with Crippen molar-refractivity contribution >= 4 is 29.1 Å². The third-order valence-electron chi connectivity index (χ3n) is 7.84. The monoisotopic (exact) mass is 475 g/mol. The number of fused-ring (bicyclic) bond motifs is 1. The van der Waals surface area contributed by atoms with Gasteiger partial charge in [-0.3, -0.25) is 9.59 Å². The molecule has 1 saturated carbocycles. The van der Waals surface area contributed by atoms with E-state index in [9.17, 15) is 14.7 Å². The third kappa shape index (κ3) is 4.60. The van der Waals surface area contributed by atoms with Gasteiger partial charge >= 0.3 is 0 Å². The molecule has 33 heavy (non-hydrogen) atoms. The number of hydrogen-bond acceptors (Lipinski definition) is 5. The second-order valence-corrected chi connectivity index (χ2v) is 10.5. The highest BCUT2D eigenvalue weighted by molar-refractivity contribution is 6.21. The summed E-state index contributed by atoms with van der Waals surface area (Å²) in [6.45, 7) is 2.63. The van der Waals surface area contributed by atoms with Crippen LogP contribution in [0, 0.1) is 5.92 Å². The molecule has 3 aliphatic heterocycles. The van der Waals surface area contributed by atoms with Gasteiger partial charge in [0.25, 0.3) is 5.91 Å². The minimum atomic E-state index is -0.745. The third-order valence-corrected chi connectivity index (χ3v) is 8.22. The molecule has 3 heterocycles. The lowest BCUT2D eigenvalue weighted by atomic mass is 9.95. The maximum absolute atomic E-state index is 13.7. The number of aliphatic hydroxyl groups is 1. The predicted octanol–water partition coefficient (Wildman–Crippen LogP) is 2.54. The van der Waals surface area contributed by atoms with Gasteiger partial charge in [0.05, 0.1) is 24.1 Å². The number of likely N-dealkylation sites (tertiary alicyclic amines) is 1. The second kappa shape index (κ2) is 9.80. The first kappa shape index (κ1) is 22.9. The van der Waals surface area contributed by atoms with Crippen LogP contribution in [0.15, 0.2) is 24.3 Å². The van der Waals surface area contributed by atoms with Crippen molar-refractivity contribution in [3.8, 4) is 0 Å². The van der Waals surface area contributed by atoms with Crippen LogP contribution in [0.2, 0.25) is 0 Å². The molecule has 0 radical (unpaired) electrons. The lowest BCUT2D eigenvalue weighted by Gasteiger charge is -2.32. The van der Waals surface area contributed by atoms with E-state index in [1.165, 1.54) is 19.3 Å². The molecule has 4 fully saturated rings. The van der Waals surface area contributed by atoms with Gasteiger partial charge in [-0.1, -0.05) is 12.8 Å². The number of carbonyl (C=O) groups excluding carboxylic acids is 2. The Kier molecular flexibility index (Phi) is 6.81. The van der Waals surface area contributed by atoms with Crippen molar-refractivity contribution in [3.05, 3.63) is 29.8 Å². The topological polar surface area (TPSA) is 82.1 Å². The summed E-state index contributed by atoms with van der Waals surface area (Å²) in [6, 6.07) is 6.65. The molecule has 1 aromatic rings. The zero-order valence-corrected chi connectivity index (χ0v) is 19.8. The standard InChI is InChI=1S/C25H34ClN3O4/c26-19-14-29(22-20(30)15-33-23(19)22)25(32)21(16-6-2-3-7-16)27-24(31)17-8-10-18(11-9-17)28-12-4-1-5-13-28/h8-11,16,19-23,30H,1-7,12-15H2,(H,27,31)/t19-,20-,21-,22+,23+/m0/s1. The van der Waals surface area contributed by atoms with Crippen LogP contribution >= 0.6 is 11.6 Å². The Bertz CT molecular complexity index is 854. The number of piperidine rings is 1. The van der Waals surface area contributed by atoms with E-state index in [-0.39, 0.29) is 35.8 Å². The van der Waals surface area contributed by atoms with Crippen LogP contribution in [0.25, 0.3) is 0 Å². The maximum atomic E-state index is 13.7. The molecular weight excluding hydrogens is 442 g/mol. The summed E-state index contributed by atoms with van der Waals surface area (Å²) in [6.07, 6.45) is 6.53. The lowest BCUT2D eigenvalue weighted by Crippen LogP contribution is -2.55. The van der Waals surface area contributed by atoms with Crippen LogP contribution in [0.1, 0.15) is 55.3 Å². The maximum Gasteiger partial charge on any atom is 0.251 e. The van der Waals surface area contributed by atoms with Gasteiger partial charge in [0.1, 0.15) is 12.1 Å². The van der Waals surface area contributed by atoms with Crippen LogP contribution in [0.3, 0.4) is 0 Å². The second-order valence-electron chi connectivity index (χ2n) is 9.95. The van der Waals surface area contributed by atoms with Gasteiger partial charge in [0.15, 0.2) is 0 Å². The fourth-order valence-electron chi connectivity index (χ4n) is 6.03. The Hall–Kier alpha value is -1.83. The summed E-state index contributed by atoms with van der Waals surface area (Å²) in [5.74, 6) is -0.281. The van der Waals surface area contributed by atoms with E-state index in [0.717, 1.165) is 44.5 Å². The largest absolute Gasteiger partial charge is 0.388 e. The number of nitrogens with one attached hydrogen (secondary N) is 1. The molecule has 0 aromatic heterocycles. The number of amides is 2. The van der Waals surface area contributed by atoms with Crippen LogP contribution < -0.4 is 10.2 Å². The minimum absolute atomic E-state index is 0.0985. The Morgan fingerprint density at radius 1 is 1.06 bits per heavy atom. The quantitative estimate of drug-likeness (QED) is 0.639. The van der Waals surface area contributed by atoms with E-state index in [1.54, 1.807) is 4.90 Å². The van der Waals surface area contributed by atoms with Crippen LogP contribution in [0.4, 0.5) is 5.69 Å². The van der Waals surface area contributed by atoms with Gasteiger partial charge in [-0.05, 0) is 62.3 Å². The van der Waals surface area contributed by atoms with E-state index >= 15 is 0 Å². The number of rotatable bonds is 5. The van der Waals surface area contributed by atoms with E-state index in [2.05, 4.69) is 10.2 Å².